The Morgan fingerprint density at radius 1 is 1.40 bits per heavy atom. The number of nitrogens with zero attached hydrogens (tertiary/aromatic N) is 4. The first-order valence-corrected chi connectivity index (χ1v) is 6.38. The average molecular weight is 334 g/mol. The number of carboxylic acid groups (broad SMARTS) is 1. The van der Waals surface area contributed by atoms with E-state index in [2.05, 4.69) is 36.4 Å². The number of hydrogen-bond donors (Lipinski definition) is 2. The molecule has 0 fully saturated rings. The molecule has 0 spiro atoms. The number of hydrogen-bond acceptors (Lipinski definition) is 5. The number of aromatic carboxylic acids is 1. The van der Waals surface area contributed by atoms with Gasteiger partial charge in [-0.3, -0.25) is 4.40 Å². The number of fused-ring (bicyclic) bond motifs is 1. The minimum atomic E-state index is -0.977. The van der Waals surface area contributed by atoms with Gasteiger partial charge >= 0.3 is 5.97 Å². The van der Waals surface area contributed by atoms with Gasteiger partial charge in [-0.25, -0.2) is 9.78 Å². The van der Waals surface area contributed by atoms with Crippen LogP contribution < -0.4 is 5.32 Å². The van der Waals surface area contributed by atoms with Gasteiger partial charge < -0.3 is 10.4 Å². The van der Waals surface area contributed by atoms with E-state index >= 15 is 0 Å². The minimum Gasteiger partial charge on any atom is -0.478 e. The number of rotatable bonds is 3. The molecule has 0 aliphatic rings. The van der Waals surface area contributed by atoms with Gasteiger partial charge in [0.1, 0.15) is 6.33 Å². The Morgan fingerprint density at radius 3 is 3.00 bits per heavy atom. The Morgan fingerprint density at radius 2 is 2.25 bits per heavy atom. The minimum absolute atomic E-state index is 0.205. The summed E-state index contributed by atoms with van der Waals surface area (Å²) in [7, 11) is 0. The van der Waals surface area contributed by atoms with Gasteiger partial charge in [-0.2, -0.15) is 0 Å². The lowest BCUT2D eigenvalue weighted by Gasteiger charge is -2.08. The molecule has 2 aromatic heterocycles. The normalized spacial score (nSPS) is 10.7. The van der Waals surface area contributed by atoms with Crippen molar-refractivity contribution >= 4 is 39.1 Å². The van der Waals surface area contributed by atoms with Crippen molar-refractivity contribution in [2.75, 3.05) is 5.32 Å². The highest BCUT2D eigenvalue weighted by molar-refractivity contribution is 9.10. The third-order valence-electron chi connectivity index (χ3n) is 2.68. The van der Waals surface area contributed by atoms with Crippen LogP contribution in [0.3, 0.4) is 0 Å². The SMILES string of the molecule is O=C(O)c1ccc(Nc2nccn3cnnc23)c(Br)c1. The molecule has 0 saturated carbocycles. The molecule has 100 valence electrons. The smallest absolute Gasteiger partial charge is 0.335 e. The van der Waals surface area contributed by atoms with Crippen LogP contribution in [0.15, 0.2) is 41.4 Å². The quantitative estimate of drug-likeness (QED) is 0.764. The van der Waals surface area contributed by atoms with Gasteiger partial charge in [0.25, 0.3) is 0 Å². The lowest BCUT2D eigenvalue weighted by Crippen LogP contribution is -2.00. The van der Waals surface area contributed by atoms with E-state index in [4.69, 9.17) is 5.11 Å². The maximum atomic E-state index is 10.9. The Kier molecular flexibility index (Phi) is 3.07. The van der Waals surface area contributed by atoms with Crippen LogP contribution in [0.25, 0.3) is 5.65 Å². The molecule has 20 heavy (non-hydrogen) atoms. The standard InChI is InChI=1S/C12H8BrN5O2/c13-8-5-7(12(19)20)1-2-9(8)16-10-11-17-15-6-18(11)4-3-14-10/h1-6H,(H,14,16)(H,19,20). The first kappa shape index (κ1) is 12.5. The molecule has 0 radical (unpaired) electrons. The summed E-state index contributed by atoms with van der Waals surface area (Å²) < 4.78 is 2.36. The van der Waals surface area contributed by atoms with Crippen LogP contribution in [0.5, 0.6) is 0 Å². The van der Waals surface area contributed by atoms with Crippen molar-refractivity contribution in [3.8, 4) is 0 Å². The van der Waals surface area contributed by atoms with Gasteiger partial charge in [0, 0.05) is 16.9 Å². The molecule has 7 nitrogen and oxygen atoms in total. The fraction of sp³-hybridized carbons (Fsp3) is 0. The largest absolute Gasteiger partial charge is 0.478 e. The molecular weight excluding hydrogens is 326 g/mol. The Balaban J connectivity index is 1.99. The third kappa shape index (κ3) is 2.21. The molecule has 3 aromatic rings. The van der Waals surface area contributed by atoms with Crippen LogP contribution in [0.4, 0.5) is 11.5 Å². The van der Waals surface area contributed by atoms with Gasteiger partial charge in [0.05, 0.1) is 11.3 Å². The maximum absolute atomic E-state index is 10.9. The number of nitrogens with one attached hydrogen (secondary N) is 1. The van der Waals surface area contributed by atoms with Crippen molar-refractivity contribution in [1.82, 2.24) is 19.6 Å². The monoisotopic (exact) mass is 333 g/mol. The lowest BCUT2D eigenvalue weighted by atomic mass is 10.2. The molecule has 0 saturated heterocycles. The van der Waals surface area contributed by atoms with Gasteiger partial charge in [0.2, 0.25) is 5.65 Å². The predicted octanol–water partition coefficient (Wildman–Crippen LogP) is 2.33. The van der Waals surface area contributed by atoms with Crippen LogP contribution in [0, 0.1) is 0 Å². The van der Waals surface area contributed by atoms with Crippen LogP contribution in [0.2, 0.25) is 0 Å². The molecule has 0 bridgehead atoms. The summed E-state index contributed by atoms with van der Waals surface area (Å²) in [6.45, 7) is 0. The summed E-state index contributed by atoms with van der Waals surface area (Å²) in [6, 6.07) is 4.70. The molecule has 0 amide bonds. The van der Waals surface area contributed by atoms with E-state index in [0.29, 0.717) is 21.6 Å². The molecule has 0 aliphatic carbocycles. The lowest BCUT2D eigenvalue weighted by molar-refractivity contribution is 0.0697. The summed E-state index contributed by atoms with van der Waals surface area (Å²) in [5.41, 5.74) is 1.48. The number of benzene rings is 1. The van der Waals surface area contributed by atoms with E-state index in [-0.39, 0.29) is 5.56 Å². The second-order valence-electron chi connectivity index (χ2n) is 3.96. The molecule has 0 atom stereocenters. The molecule has 0 unspecified atom stereocenters. The molecular formula is C12H8BrN5O2. The second-order valence-corrected chi connectivity index (χ2v) is 4.82. The van der Waals surface area contributed by atoms with Crippen LogP contribution in [-0.2, 0) is 0 Å². The maximum Gasteiger partial charge on any atom is 0.335 e. The molecule has 0 aliphatic heterocycles. The fourth-order valence-electron chi connectivity index (χ4n) is 1.72. The topological polar surface area (TPSA) is 92.4 Å². The van der Waals surface area contributed by atoms with E-state index in [1.54, 1.807) is 29.2 Å². The van der Waals surface area contributed by atoms with Crippen molar-refractivity contribution in [1.29, 1.82) is 0 Å². The van der Waals surface area contributed by atoms with Crippen LogP contribution in [0.1, 0.15) is 10.4 Å². The number of anilines is 2. The van der Waals surface area contributed by atoms with E-state index in [1.807, 2.05) is 0 Å². The number of aromatic nitrogens is 4. The summed E-state index contributed by atoms with van der Waals surface area (Å²) in [6.07, 6.45) is 4.94. The first-order valence-electron chi connectivity index (χ1n) is 5.59. The number of carboxylic acids is 1. The zero-order chi connectivity index (χ0) is 14.1. The fourth-order valence-corrected chi connectivity index (χ4v) is 2.20. The predicted molar refractivity (Wildman–Crippen MR) is 75.2 cm³/mol. The highest BCUT2D eigenvalue weighted by atomic mass is 79.9. The second kappa shape index (κ2) is 4.89. The molecule has 2 N–H and O–H groups in total. The van der Waals surface area contributed by atoms with Crippen LogP contribution in [-0.4, -0.2) is 30.7 Å². The summed E-state index contributed by atoms with van der Waals surface area (Å²) in [4.78, 5) is 15.1. The zero-order valence-corrected chi connectivity index (χ0v) is 11.6. The van der Waals surface area contributed by atoms with Gasteiger partial charge in [-0.05, 0) is 34.1 Å². The number of halogens is 1. The van der Waals surface area contributed by atoms with E-state index in [9.17, 15) is 4.79 Å². The van der Waals surface area contributed by atoms with Gasteiger partial charge in [-0.15, -0.1) is 10.2 Å². The average Bonchev–Trinajstić information content (AvgIpc) is 2.90. The zero-order valence-electron chi connectivity index (χ0n) is 9.99. The molecule has 2 heterocycles. The van der Waals surface area contributed by atoms with Crippen LogP contribution >= 0.6 is 15.9 Å². The van der Waals surface area contributed by atoms with Gasteiger partial charge in [-0.1, -0.05) is 0 Å². The summed E-state index contributed by atoms with van der Waals surface area (Å²) >= 11 is 3.33. The van der Waals surface area contributed by atoms with Crippen molar-refractivity contribution in [3.63, 3.8) is 0 Å². The van der Waals surface area contributed by atoms with Crippen molar-refractivity contribution in [2.45, 2.75) is 0 Å². The number of carbonyl (C=O) groups is 1. The highest BCUT2D eigenvalue weighted by Gasteiger charge is 2.10. The summed E-state index contributed by atoms with van der Waals surface area (Å²) in [5, 5.41) is 19.8. The first-order chi connectivity index (χ1) is 9.65. The van der Waals surface area contributed by atoms with E-state index < -0.39 is 5.97 Å². The van der Waals surface area contributed by atoms with Gasteiger partial charge in [0.15, 0.2) is 5.82 Å². The Labute approximate surface area is 121 Å². The van der Waals surface area contributed by atoms with Crippen molar-refractivity contribution in [3.05, 3.63) is 47.0 Å². The third-order valence-corrected chi connectivity index (χ3v) is 3.34. The highest BCUT2D eigenvalue weighted by Crippen LogP contribution is 2.27. The Hall–Kier alpha value is -2.48. The molecule has 1 aromatic carbocycles. The van der Waals surface area contributed by atoms with Crippen molar-refractivity contribution < 1.29 is 9.90 Å². The molecule has 8 heteroatoms. The summed E-state index contributed by atoms with van der Waals surface area (Å²) in [5.74, 6) is -0.441. The van der Waals surface area contributed by atoms with E-state index in [1.165, 1.54) is 12.1 Å². The molecule has 3 rings (SSSR count). The van der Waals surface area contributed by atoms with E-state index in [0.717, 1.165) is 0 Å². The van der Waals surface area contributed by atoms with Crippen molar-refractivity contribution in [2.24, 2.45) is 0 Å². The Bertz CT molecular complexity index is 801.